The smallest absolute Gasteiger partial charge is 0.263 e. The Kier molecular flexibility index (Phi) is 7.49. The number of amides is 1. The second-order valence-corrected chi connectivity index (χ2v) is 6.43. The number of hydrogen-bond acceptors (Lipinski definition) is 5. The van der Waals surface area contributed by atoms with Gasteiger partial charge in [-0.25, -0.2) is 0 Å². The van der Waals surface area contributed by atoms with Crippen molar-refractivity contribution in [3.63, 3.8) is 0 Å². The molecule has 146 valence electrons. The van der Waals surface area contributed by atoms with Gasteiger partial charge < -0.3 is 24.8 Å². The van der Waals surface area contributed by atoms with E-state index in [1.165, 1.54) is 14.2 Å². The van der Waals surface area contributed by atoms with Crippen LogP contribution in [-0.4, -0.2) is 39.3 Å². The third-order valence-electron chi connectivity index (χ3n) is 4.00. The average molecular weight is 372 g/mol. The zero-order valence-corrected chi connectivity index (χ0v) is 16.6. The number of carbonyl (C=O) groups is 1. The molecule has 0 atom stereocenters. The summed E-state index contributed by atoms with van der Waals surface area (Å²) < 4.78 is 16.4. The summed E-state index contributed by atoms with van der Waals surface area (Å²) in [7, 11) is 3.05. The summed E-state index contributed by atoms with van der Waals surface area (Å²) in [4.78, 5) is 12.7. The highest BCUT2D eigenvalue weighted by molar-refractivity contribution is 6.08. The Hall–Kier alpha value is -2.73. The van der Waals surface area contributed by atoms with Crippen LogP contribution in [0, 0.1) is 6.92 Å². The Morgan fingerprint density at radius 1 is 1.04 bits per heavy atom. The fourth-order valence-corrected chi connectivity index (χ4v) is 2.67. The van der Waals surface area contributed by atoms with Crippen molar-refractivity contribution in [1.82, 2.24) is 5.32 Å². The van der Waals surface area contributed by atoms with Gasteiger partial charge in [0.15, 0.2) is 0 Å². The Balaban J connectivity index is 2.08. The molecule has 27 heavy (non-hydrogen) atoms. The minimum Gasteiger partial charge on any atom is -0.496 e. The van der Waals surface area contributed by atoms with Crippen molar-refractivity contribution in [3.8, 4) is 17.2 Å². The summed E-state index contributed by atoms with van der Waals surface area (Å²) in [5, 5.41) is 6.20. The summed E-state index contributed by atoms with van der Waals surface area (Å²) in [5.74, 6) is 1.43. The minimum absolute atomic E-state index is 0.293. The molecule has 0 aliphatic heterocycles. The maximum absolute atomic E-state index is 12.7. The van der Waals surface area contributed by atoms with Crippen molar-refractivity contribution in [1.29, 1.82) is 0 Å². The minimum atomic E-state index is -0.293. The maximum Gasteiger partial charge on any atom is 0.263 e. The maximum atomic E-state index is 12.7. The van der Waals surface area contributed by atoms with E-state index in [1.807, 2.05) is 25.1 Å². The number of aryl methyl sites for hydroxylation is 1. The van der Waals surface area contributed by atoms with Crippen molar-refractivity contribution in [2.75, 3.05) is 32.7 Å². The molecule has 6 nitrogen and oxygen atoms in total. The van der Waals surface area contributed by atoms with Crippen LogP contribution in [0.2, 0.25) is 0 Å². The number of hydrogen-bond donors (Lipinski definition) is 2. The first kappa shape index (κ1) is 20.6. The van der Waals surface area contributed by atoms with Crippen LogP contribution < -0.4 is 24.8 Å². The summed E-state index contributed by atoms with van der Waals surface area (Å²) >= 11 is 0. The molecule has 2 aromatic rings. The zero-order valence-electron chi connectivity index (χ0n) is 16.6. The van der Waals surface area contributed by atoms with Crippen LogP contribution in [0.5, 0.6) is 17.2 Å². The molecule has 0 fully saturated rings. The Morgan fingerprint density at radius 2 is 1.70 bits per heavy atom. The van der Waals surface area contributed by atoms with E-state index in [2.05, 4.69) is 24.5 Å². The van der Waals surface area contributed by atoms with Gasteiger partial charge in [-0.2, -0.15) is 0 Å². The van der Waals surface area contributed by atoms with Gasteiger partial charge in [0.25, 0.3) is 5.91 Å². The predicted molar refractivity (Wildman–Crippen MR) is 107 cm³/mol. The van der Waals surface area contributed by atoms with Gasteiger partial charge in [-0.05, 0) is 42.8 Å². The number of benzene rings is 2. The van der Waals surface area contributed by atoms with Gasteiger partial charge in [0, 0.05) is 18.3 Å². The van der Waals surface area contributed by atoms with Crippen LogP contribution in [0.25, 0.3) is 0 Å². The first-order valence-electron chi connectivity index (χ1n) is 8.95. The number of carbonyl (C=O) groups excluding carboxylic acids is 1. The van der Waals surface area contributed by atoms with Crippen molar-refractivity contribution < 1.29 is 19.0 Å². The Labute approximate surface area is 160 Å². The monoisotopic (exact) mass is 372 g/mol. The number of methoxy groups -OCH3 is 2. The zero-order chi connectivity index (χ0) is 19.8. The average Bonchev–Trinajstić information content (AvgIpc) is 2.65. The van der Waals surface area contributed by atoms with Crippen LogP contribution >= 0.6 is 0 Å². The SMILES string of the molecule is COc1cccc(OC)c1C(=O)Nc1ccc(OCCNC(C)C)c(C)c1. The molecule has 0 heterocycles. The van der Waals surface area contributed by atoms with E-state index in [9.17, 15) is 4.79 Å². The molecule has 0 saturated carbocycles. The van der Waals surface area contributed by atoms with Crippen LogP contribution in [-0.2, 0) is 0 Å². The lowest BCUT2D eigenvalue weighted by atomic mass is 10.1. The molecule has 1 amide bonds. The fraction of sp³-hybridized carbons (Fsp3) is 0.381. The summed E-state index contributed by atoms with van der Waals surface area (Å²) in [6.07, 6.45) is 0. The largest absolute Gasteiger partial charge is 0.496 e. The van der Waals surface area contributed by atoms with Gasteiger partial charge in [0.1, 0.15) is 29.4 Å². The molecule has 2 N–H and O–H groups in total. The van der Waals surface area contributed by atoms with E-state index < -0.39 is 0 Å². The lowest BCUT2D eigenvalue weighted by molar-refractivity contribution is 0.102. The summed E-state index contributed by atoms with van der Waals surface area (Å²) in [6, 6.07) is 11.2. The number of ether oxygens (including phenoxy) is 3. The van der Waals surface area contributed by atoms with Gasteiger partial charge in [0.05, 0.1) is 14.2 Å². The highest BCUT2D eigenvalue weighted by atomic mass is 16.5. The second kappa shape index (κ2) is 9.83. The van der Waals surface area contributed by atoms with E-state index in [4.69, 9.17) is 14.2 Å². The van der Waals surface area contributed by atoms with Gasteiger partial charge in [-0.3, -0.25) is 4.79 Å². The Morgan fingerprint density at radius 3 is 2.26 bits per heavy atom. The topological polar surface area (TPSA) is 68.8 Å². The van der Waals surface area contributed by atoms with Gasteiger partial charge in [0.2, 0.25) is 0 Å². The van der Waals surface area contributed by atoms with Crippen LogP contribution in [0.15, 0.2) is 36.4 Å². The highest BCUT2D eigenvalue weighted by Crippen LogP contribution is 2.29. The molecule has 0 aromatic heterocycles. The predicted octanol–water partition coefficient (Wildman–Crippen LogP) is 3.64. The van der Waals surface area contributed by atoms with E-state index >= 15 is 0 Å². The molecule has 0 bridgehead atoms. The molecular weight excluding hydrogens is 344 g/mol. The number of rotatable bonds is 9. The summed E-state index contributed by atoms with van der Waals surface area (Å²) in [5.41, 5.74) is 1.99. The van der Waals surface area contributed by atoms with E-state index in [0.717, 1.165) is 17.9 Å². The lowest BCUT2D eigenvalue weighted by Gasteiger charge is -2.15. The molecule has 0 saturated heterocycles. The van der Waals surface area contributed by atoms with Crippen molar-refractivity contribution in [2.45, 2.75) is 26.8 Å². The van der Waals surface area contributed by atoms with Gasteiger partial charge >= 0.3 is 0 Å². The number of nitrogens with one attached hydrogen (secondary N) is 2. The van der Waals surface area contributed by atoms with Crippen molar-refractivity contribution in [2.24, 2.45) is 0 Å². The van der Waals surface area contributed by atoms with E-state index in [0.29, 0.717) is 35.4 Å². The fourth-order valence-electron chi connectivity index (χ4n) is 2.67. The van der Waals surface area contributed by atoms with Crippen molar-refractivity contribution in [3.05, 3.63) is 47.5 Å². The van der Waals surface area contributed by atoms with Gasteiger partial charge in [-0.15, -0.1) is 0 Å². The highest BCUT2D eigenvalue weighted by Gasteiger charge is 2.18. The molecule has 0 aliphatic carbocycles. The van der Waals surface area contributed by atoms with E-state index in [-0.39, 0.29) is 5.91 Å². The molecule has 2 rings (SSSR count). The second-order valence-electron chi connectivity index (χ2n) is 6.43. The molecule has 6 heteroatoms. The van der Waals surface area contributed by atoms with Gasteiger partial charge in [-0.1, -0.05) is 19.9 Å². The normalized spacial score (nSPS) is 10.6. The standard InChI is InChI=1S/C21H28N2O4/c1-14(2)22-11-12-27-17-10-9-16(13-15(17)3)23-21(24)20-18(25-4)7-6-8-19(20)26-5/h6-10,13-14,22H,11-12H2,1-5H3,(H,23,24). The first-order valence-corrected chi connectivity index (χ1v) is 8.95. The molecular formula is C21H28N2O4. The Bertz CT molecular complexity index is 753. The van der Waals surface area contributed by atoms with E-state index in [1.54, 1.807) is 18.2 Å². The third-order valence-corrected chi connectivity index (χ3v) is 4.00. The first-order chi connectivity index (χ1) is 13.0. The molecule has 0 spiro atoms. The summed E-state index contributed by atoms with van der Waals surface area (Å²) in [6.45, 7) is 7.51. The molecule has 2 aromatic carbocycles. The van der Waals surface area contributed by atoms with Crippen LogP contribution in [0.1, 0.15) is 29.8 Å². The lowest BCUT2D eigenvalue weighted by Crippen LogP contribution is -2.27. The number of anilines is 1. The third kappa shape index (κ3) is 5.62. The van der Waals surface area contributed by atoms with Crippen LogP contribution in [0.4, 0.5) is 5.69 Å². The van der Waals surface area contributed by atoms with Crippen LogP contribution in [0.3, 0.4) is 0 Å². The quantitative estimate of drug-likeness (QED) is 0.658. The molecule has 0 aliphatic rings. The van der Waals surface area contributed by atoms with Crippen molar-refractivity contribution >= 4 is 11.6 Å². The molecule has 0 radical (unpaired) electrons. The molecule has 0 unspecified atom stereocenters.